The lowest BCUT2D eigenvalue weighted by atomic mass is 9.96. The van der Waals surface area contributed by atoms with Crippen molar-refractivity contribution < 1.29 is 24.2 Å². The van der Waals surface area contributed by atoms with E-state index in [2.05, 4.69) is 18.8 Å². The number of thioether (sulfide) groups is 1. The Kier molecular flexibility index (Phi) is 8.34. The van der Waals surface area contributed by atoms with Crippen LogP contribution in [0.15, 0.2) is 63.7 Å². The van der Waals surface area contributed by atoms with Gasteiger partial charge in [-0.25, -0.2) is 9.79 Å². The van der Waals surface area contributed by atoms with E-state index < -0.39 is 11.9 Å². The molecule has 0 saturated carbocycles. The molecule has 0 bridgehead atoms. The number of aryl methyl sites for hydroxylation is 1. The molecule has 1 amide bonds. The molecule has 0 aromatic heterocycles. The summed E-state index contributed by atoms with van der Waals surface area (Å²) in [5, 5.41) is 11.1. The minimum absolute atomic E-state index is 0.102. The Morgan fingerprint density at radius 1 is 1.12 bits per heavy atom. The smallest absolute Gasteiger partial charge is 0.344 e. The van der Waals surface area contributed by atoms with Gasteiger partial charge in [0.15, 0.2) is 0 Å². The van der Waals surface area contributed by atoms with Crippen molar-refractivity contribution in [3.63, 3.8) is 0 Å². The van der Waals surface area contributed by atoms with Gasteiger partial charge in [-0.1, -0.05) is 43.8 Å². The molecule has 6 nitrogen and oxygen atoms in total. The summed E-state index contributed by atoms with van der Waals surface area (Å²) in [6, 6.07) is 12.6. The van der Waals surface area contributed by atoms with E-state index in [1.807, 2.05) is 26.0 Å². The molecule has 0 radical (unpaired) electrons. The van der Waals surface area contributed by atoms with Crippen LogP contribution < -0.4 is 4.74 Å². The number of benzene rings is 2. The van der Waals surface area contributed by atoms with Crippen molar-refractivity contribution in [3.05, 3.63) is 81.0 Å². The number of aliphatic imine (C=N–C) groups is 1. The number of nitrogens with zero attached hydrogens (tertiary/aromatic N) is 1. The number of ether oxygens (including phenoxy) is 2. The Hall–Kier alpha value is -3.32. The maximum Gasteiger partial charge on any atom is 0.344 e. The fraction of sp³-hybridized carbons (Fsp3) is 0.296. The van der Waals surface area contributed by atoms with Crippen molar-refractivity contribution in [2.75, 3.05) is 13.2 Å². The summed E-state index contributed by atoms with van der Waals surface area (Å²) < 4.78 is 10.9. The van der Waals surface area contributed by atoms with Crippen molar-refractivity contribution in [2.45, 2.75) is 40.5 Å². The van der Waals surface area contributed by atoms with Crippen LogP contribution in [0.4, 0.5) is 0 Å². The summed E-state index contributed by atoms with van der Waals surface area (Å²) in [7, 11) is 0. The number of amides is 1. The number of esters is 1. The van der Waals surface area contributed by atoms with Crippen LogP contribution in [-0.2, 0) is 9.53 Å². The van der Waals surface area contributed by atoms with E-state index >= 15 is 0 Å². The number of rotatable bonds is 7. The SMILES string of the molecule is CCOC(=O)C1=C(O)/C(=C/c2cc(C(C)C)c(OCC)cc2C)SC1=NC(=O)c1ccccc1. The lowest BCUT2D eigenvalue weighted by Gasteiger charge is -2.16. The molecule has 0 aliphatic carbocycles. The highest BCUT2D eigenvalue weighted by molar-refractivity contribution is 8.18. The van der Waals surface area contributed by atoms with Gasteiger partial charge in [-0.05, 0) is 73.7 Å². The Bertz CT molecular complexity index is 1180. The number of aliphatic hydroxyl groups excluding tert-OH is 1. The summed E-state index contributed by atoms with van der Waals surface area (Å²) in [6.45, 7) is 10.5. The molecule has 2 aromatic rings. The molecular formula is C27H29NO5S. The first-order valence-corrected chi connectivity index (χ1v) is 12.0. The van der Waals surface area contributed by atoms with Gasteiger partial charge < -0.3 is 14.6 Å². The fourth-order valence-electron chi connectivity index (χ4n) is 3.47. The van der Waals surface area contributed by atoms with E-state index in [9.17, 15) is 14.7 Å². The second-order valence-electron chi connectivity index (χ2n) is 7.98. The molecule has 3 rings (SSSR count). The lowest BCUT2D eigenvalue weighted by Crippen LogP contribution is -2.14. The van der Waals surface area contributed by atoms with Crippen LogP contribution in [0, 0.1) is 6.92 Å². The predicted molar refractivity (Wildman–Crippen MR) is 137 cm³/mol. The zero-order valence-electron chi connectivity index (χ0n) is 20.0. The quantitative estimate of drug-likeness (QED) is 0.475. The molecule has 1 N–H and O–H groups in total. The van der Waals surface area contributed by atoms with Gasteiger partial charge in [0.1, 0.15) is 22.1 Å². The van der Waals surface area contributed by atoms with Crippen molar-refractivity contribution in [2.24, 2.45) is 4.99 Å². The van der Waals surface area contributed by atoms with E-state index in [0.717, 1.165) is 34.2 Å². The Morgan fingerprint density at radius 2 is 1.82 bits per heavy atom. The van der Waals surface area contributed by atoms with Gasteiger partial charge in [0.05, 0.1) is 18.1 Å². The number of aliphatic hydroxyl groups is 1. The number of hydrogen-bond acceptors (Lipinski definition) is 6. The van der Waals surface area contributed by atoms with Gasteiger partial charge in [-0.2, -0.15) is 0 Å². The Labute approximate surface area is 204 Å². The minimum atomic E-state index is -0.721. The molecule has 7 heteroatoms. The zero-order chi connectivity index (χ0) is 24.8. The van der Waals surface area contributed by atoms with Crippen LogP contribution in [0.25, 0.3) is 6.08 Å². The maximum atomic E-state index is 12.7. The lowest BCUT2D eigenvalue weighted by molar-refractivity contribution is -0.138. The van der Waals surface area contributed by atoms with E-state index in [-0.39, 0.29) is 28.9 Å². The molecular weight excluding hydrogens is 450 g/mol. The van der Waals surface area contributed by atoms with Crippen molar-refractivity contribution in [1.29, 1.82) is 0 Å². The molecule has 1 heterocycles. The van der Waals surface area contributed by atoms with Gasteiger partial charge in [0.2, 0.25) is 0 Å². The molecule has 178 valence electrons. The first-order chi connectivity index (χ1) is 16.3. The highest BCUT2D eigenvalue weighted by Gasteiger charge is 2.34. The fourth-order valence-corrected chi connectivity index (χ4v) is 4.48. The summed E-state index contributed by atoms with van der Waals surface area (Å²) in [6.07, 6.45) is 1.80. The van der Waals surface area contributed by atoms with Gasteiger partial charge in [-0.3, -0.25) is 4.79 Å². The van der Waals surface area contributed by atoms with Crippen LogP contribution in [0.1, 0.15) is 60.7 Å². The summed E-state index contributed by atoms with van der Waals surface area (Å²) in [4.78, 5) is 29.9. The molecule has 0 saturated heterocycles. The van der Waals surface area contributed by atoms with E-state index in [1.165, 1.54) is 0 Å². The number of hydrogen-bond donors (Lipinski definition) is 1. The van der Waals surface area contributed by atoms with Crippen molar-refractivity contribution in [3.8, 4) is 5.75 Å². The summed E-state index contributed by atoms with van der Waals surface area (Å²) >= 11 is 1.07. The van der Waals surface area contributed by atoms with Gasteiger partial charge in [-0.15, -0.1) is 0 Å². The average Bonchev–Trinajstić information content (AvgIpc) is 3.10. The molecule has 34 heavy (non-hydrogen) atoms. The largest absolute Gasteiger partial charge is 0.506 e. The zero-order valence-corrected chi connectivity index (χ0v) is 20.9. The van der Waals surface area contributed by atoms with E-state index in [0.29, 0.717) is 17.1 Å². The Balaban J connectivity index is 2.07. The number of carbonyl (C=O) groups excluding carboxylic acids is 2. The monoisotopic (exact) mass is 479 g/mol. The van der Waals surface area contributed by atoms with E-state index in [4.69, 9.17) is 9.47 Å². The second kappa shape index (κ2) is 11.2. The number of carbonyl (C=O) groups is 2. The van der Waals surface area contributed by atoms with Gasteiger partial charge >= 0.3 is 5.97 Å². The topological polar surface area (TPSA) is 85.2 Å². The molecule has 0 atom stereocenters. The van der Waals surface area contributed by atoms with Crippen LogP contribution >= 0.6 is 11.8 Å². The summed E-state index contributed by atoms with van der Waals surface area (Å²) in [5.74, 6) is -0.406. The van der Waals surface area contributed by atoms with Crippen LogP contribution in [-0.4, -0.2) is 35.2 Å². The van der Waals surface area contributed by atoms with Crippen molar-refractivity contribution in [1.82, 2.24) is 0 Å². The highest BCUT2D eigenvalue weighted by Crippen LogP contribution is 2.40. The van der Waals surface area contributed by atoms with Crippen LogP contribution in [0.5, 0.6) is 5.75 Å². The van der Waals surface area contributed by atoms with Crippen LogP contribution in [0.3, 0.4) is 0 Å². The average molecular weight is 480 g/mol. The maximum absolute atomic E-state index is 12.7. The minimum Gasteiger partial charge on any atom is -0.506 e. The molecule has 0 fully saturated rings. The molecule has 1 aliphatic heterocycles. The molecule has 1 aliphatic rings. The normalized spacial score (nSPS) is 15.9. The first-order valence-electron chi connectivity index (χ1n) is 11.2. The van der Waals surface area contributed by atoms with Gasteiger partial charge in [0.25, 0.3) is 5.91 Å². The standard InChI is InChI=1S/C27H29NO5S/c1-6-32-21-13-17(5)19(14-20(21)16(3)4)15-22-24(29)23(27(31)33-7-2)26(34-22)28-25(30)18-11-9-8-10-12-18/h8-16,29H,6-7H2,1-5H3/b22-15-,28-26?. The first kappa shape index (κ1) is 25.3. The molecule has 2 aromatic carbocycles. The van der Waals surface area contributed by atoms with Gasteiger partial charge in [0, 0.05) is 5.56 Å². The van der Waals surface area contributed by atoms with Crippen LogP contribution in [0.2, 0.25) is 0 Å². The second-order valence-corrected chi connectivity index (χ2v) is 9.01. The predicted octanol–water partition coefficient (Wildman–Crippen LogP) is 6.22. The third-order valence-corrected chi connectivity index (χ3v) is 6.22. The van der Waals surface area contributed by atoms with Crippen molar-refractivity contribution >= 4 is 34.8 Å². The third-order valence-electron chi connectivity index (χ3n) is 5.20. The molecule has 0 unspecified atom stereocenters. The highest BCUT2D eigenvalue weighted by atomic mass is 32.2. The molecule has 0 spiro atoms. The Morgan fingerprint density at radius 3 is 2.44 bits per heavy atom. The summed E-state index contributed by atoms with van der Waals surface area (Å²) in [5.41, 5.74) is 3.16. The van der Waals surface area contributed by atoms with E-state index in [1.54, 1.807) is 43.3 Å². The third kappa shape index (κ3) is 5.59.